The molecule has 0 unspecified atom stereocenters. The Morgan fingerprint density at radius 2 is 2.27 bits per heavy atom. The van der Waals surface area contributed by atoms with Gasteiger partial charge in [0.25, 0.3) is 11.5 Å². The van der Waals surface area contributed by atoms with Gasteiger partial charge in [-0.3, -0.25) is 14.5 Å². The van der Waals surface area contributed by atoms with Crippen LogP contribution in [0.4, 0.5) is 0 Å². The van der Waals surface area contributed by atoms with Gasteiger partial charge in [-0.15, -0.1) is 11.3 Å². The highest BCUT2D eigenvalue weighted by Crippen LogP contribution is 2.28. The van der Waals surface area contributed by atoms with Crippen LogP contribution in [0.15, 0.2) is 11.1 Å². The third-order valence-electron chi connectivity index (χ3n) is 5.46. The van der Waals surface area contributed by atoms with E-state index in [9.17, 15) is 9.59 Å². The van der Waals surface area contributed by atoms with Crippen molar-refractivity contribution in [1.82, 2.24) is 20.2 Å². The van der Waals surface area contributed by atoms with E-state index < -0.39 is 0 Å². The molecule has 1 amide bonds. The maximum Gasteiger partial charge on any atom is 0.261 e. The minimum atomic E-state index is -0.197. The van der Waals surface area contributed by atoms with Gasteiger partial charge in [0, 0.05) is 25.2 Å². The van der Waals surface area contributed by atoms with Crippen molar-refractivity contribution < 1.29 is 9.53 Å². The van der Waals surface area contributed by atoms with Crippen molar-refractivity contribution in [3.63, 3.8) is 0 Å². The average Bonchev–Trinajstić information content (AvgIpc) is 3.15. The van der Waals surface area contributed by atoms with Gasteiger partial charge in [0.2, 0.25) is 0 Å². The van der Waals surface area contributed by atoms with Gasteiger partial charge in [0.1, 0.15) is 4.83 Å². The van der Waals surface area contributed by atoms with Crippen LogP contribution in [0.25, 0.3) is 10.2 Å². The molecule has 7 nitrogen and oxygen atoms in total. The molecule has 140 valence electrons. The largest absolute Gasteiger partial charge is 0.375 e. The number of aromatic nitrogens is 2. The fraction of sp³-hybridized carbons (Fsp3) is 0.611. The molecule has 0 aliphatic carbocycles. The summed E-state index contributed by atoms with van der Waals surface area (Å²) in [6.45, 7) is 8.68. The number of carbonyl (C=O) groups excluding carboxylic acids is 1. The first-order valence-corrected chi connectivity index (χ1v) is 9.89. The number of aromatic amines is 1. The molecule has 2 saturated heterocycles. The third-order valence-corrected chi connectivity index (χ3v) is 6.66. The highest BCUT2D eigenvalue weighted by Gasteiger charge is 2.38. The maximum absolute atomic E-state index is 12.8. The molecule has 2 fully saturated rings. The molecule has 3 atom stereocenters. The zero-order valence-electron chi connectivity index (χ0n) is 15.2. The first kappa shape index (κ1) is 17.6. The van der Waals surface area contributed by atoms with Gasteiger partial charge >= 0.3 is 0 Å². The Kier molecular flexibility index (Phi) is 4.58. The minimum absolute atomic E-state index is 0.109. The van der Waals surface area contributed by atoms with Crippen molar-refractivity contribution in [3.05, 3.63) is 27.1 Å². The van der Waals surface area contributed by atoms with Crippen LogP contribution in [-0.4, -0.2) is 58.7 Å². The molecule has 4 rings (SSSR count). The number of hydrogen-bond donors (Lipinski definition) is 2. The summed E-state index contributed by atoms with van der Waals surface area (Å²) in [6.07, 6.45) is 2.55. The van der Waals surface area contributed by atoms with E-state index in [0.29, 0.717) is 32.6 Å². The summed E-state index contributed by atoms with van der Waals surface area (Å²) in [4.78, 5) is 35.2. The number of nitrogens with one attached hydrogen (secondary N) is 2. The summed E-state index contributed by atoms with van der Waals surface area (Å²) in [5, 5.41) is 3.66. The molecule has 26 heavy (non-hydrogen) atoms. The number of nitrogens with zero attached hydrogens (tertiary/aromatic N) is 2. The Balaban J connectivity index is 1.47. The lowest BCUT2D eigenvalue weighted by Gasteiger charge is -2.36. The van der Waals surface area contributed by atoms with Crippen molar-refractivity contribution >= 4 is 27.5 Å². The minimum Gasteiger partial charge on any atom is -0.375 e. The number of morpholine rings is 1. The summed E-state index contributed by atoms with van der Waals surface area (Å²) in [5.74, 6) is 0.382. The molecular formula is C18H24N4O3S. The lowest BCUT2D eigenvalue weighted by Crippen LogP contribution is -2.48. The molecule has 0 spiro atoms. The quantitative estimate of drug-likeness (QED) is 0.848. The van der Waals surface area contributed by atoms with E-state index in [1.54, 1.807) is 0 Å². The molecule has 0 radical (unpaired) electrons. The van der Waals surface area contributed by atoms with Crippen molar-refractivity contribution in [3.8, 4) is 0 Å². The van der Waals surface area contributed by atoms with Gasteiger partial charge in [-0.05, 0) is 24.8 Å². The number of ether oxygens (including phenoxy) is 1. The number of fused-ring (bicyclic) bond motifs is 2. The van der Waals surface area contributed by atoms with Crippen molar-refractivity contribution in [2.75, 3.05) is 19.7 Å². The Morgan fingerprint density at radius 3 is 3.00 bits per heavy atom. The standard InChI is InChI=1S/C18H24N4O3S/c1-9(2)13-6-22-5-11(4-12(22)7-25-13)21-17(24)15-10(3)14-16(23)19-8-20-18(14)26-15/h8-9,11-13H,4-7H2,1-3H3,(H,21,24)(H,19,20,23)/t11-,12-,13+/m0/s1. The number of thiophene rings is 1. The summed E-state index contributed by atoms with van der Waals surface area (Å²) >= 11 is 1.28. The number of hydrogen-bond acceptors (Lipinski definition) is 6. The highest BCUT2D eigenvalue weighted by atomic mass is 32.1. The maximum atomic E-state index is 12.8. The van der Waals surface area contributed by atoms with E-state index in [1.165, 1.54) is 17.7 Å². The first-order chi connectivity index (χ1) is 12.4. The normalized spacial score (nSPS) is 26.4. The number of carbonyl (C=O) groups is 1. The van der Waals surface area contributed by atoms with Crippen molar-refractivity contribution in [2.24, 2.45) is 5.92 Å². The number of rotatable bonds is 3. The van der Waals surface area contributed by atoms with Gasteiger partial charge in [0.05, 0.1) is 29.3 Å². The van der Waals surface area contributed by atoms with Gasteiger partial charge in [-0.25, -0.2) is 4.98 Å². The Bertz CT molecular complexity index is 890. The van der Waals surface area contributed by atoms with Crippen LogP contribution < -0.4 is 10.9 Å². The Morgan fingerprint density at radius 1 is 1.46 bits per heavy atom. The van der Waals surface area contributed by atoms with Gasteiger partial charge < -0.3 is 15.0 Å². The van der Waals surface area contributed by atoms with Crippen LogP contribution in [0.1, 0.15) is 35.5 Å². The molecule has 0 aromatic carbocycles. The zero-order valence-corrected chi connectivity index (χ0v) is 16.1. The molecule has 2 aliphatic heterocycles. The van der Waals surface area contributed by atoms with Gasteiger partial charge in [-0.2, -0.15) is 0 Å². The molecule has 2 aromatic heterocycles. The summed E-state index contributed by atoms with van der Waals surface area (Å²) in [7, 11) is 0. The summed E-state index contributed by atoms with van der Waals surface area (Å²) < 4.78 is 5.96. The van der Waals surface area contributed by atoms with E-state index in [2.05, 4.69) is 34.0 Å². The smallest absolute Gasteiger partial charge is 0.261 e. The lowest BCUT2D eigenvalue weighted by molar-refractivity contribution is -0.0683. The molecule has 0 saturated carbocycles. The van der Waals surface area contributed by atoms with Crippen molar-refractivity contribution in [2.45, 2.75) is 45.4 Å². The molecule has 0 bridgehead atoms. The lowest BCUT2D eigenvalue weighted by atomic mass is 10.0. The summed E-state index contributed by atoms with van der Waals surface area (Å²) in [5.41, 5.74) is 0.508. The Hall–Kier alpha value is -1.77. The monoisotopic (exact) mass is 376 g/mol. The molecule has 2 aliphatic rings. The summed E-state index contributed by atoms with van der Waals surface area (Å²) in [6, 6.07) is 0.487. The first-order valence-electron chi connectivity index (χ1n) is 9.07. The SMILES string of the molecule is Cc1c(C(=O)N[C@H]2C[C@H]3CO[C@@H](C(C)C)CN3C2)sc2nc[nH]c(=O)c12. The van der Waals surface area contributed by atoms with E-state index in [1.807, 2.05) is 6.92 Å². The van der Waals surface area contributed by atoms with E-state index in [4.69, 9.17) is 4.74 Å². The van der Waals surface area contributed by atoms with Crippen LogP contribution in [0.5, 0.6) is 0 Å². The van der Waals surface area contributed by atoms with Gasteiger partial charge in [0.15, 0.2) is 0 Å². The van der Waals surface area contributed by atoms with E-state index >= 15 is 0 Å². The zero-order chi connectivity index (χ0) is 18.4. The second-order valence-electron chi connectivity index (χ2n) is 7.60. The van der Waals surface area contributed by atoms with Crippen LogP contribution >= 0.6 is 11.3 Å². The average molecular weight is 376 g/mol. The van der Waals surface area contributed by atoms with Crippen LogP contribution in [0.3, 0.4) is 0 Å². The molecule has 4 heterocycles. The number of H-pyrrole nitrogens is 1. The topological polar surface area (TPSA) is 87.3 Å². The second kappa shape index (κ2) is 6.75. The van der Waals surface area contributed by atoms with Crippen LogP contribution in [0.2, 0.25) is 0 Å². The van der Waals surface area contributed by atoms with Crippen LogP contribution in [-0.2, 0) is 4.74 Å². The predicted octanol–water partition coefficient (Wildman–Crippen LogP) is 1.52. The van der Waals surface area contributed by atoms with Gasteiger partial charge in [-0.1, -0.05) is 13.8 Å². The fourth-order valence-corrected chi connectivity index (χ4v) is 5.01. The number of aryl methyl sites for hydroxylation is 1. The van der Waals surface area contributed by atoms with Crippen molar-refractivity contribution in [1.29, 1.82) is 0 Å². The number of amides is 1. The highest BCUT2D eigenvalue weighted by molar-refractivity contribution is 7.20. The third kappa shape index (κ3) is 3.06. The fourth-order valence-electron chi connectivity index (χ4n) is 3.95. The molecular weight excluding hydrogens is 352 g/mol. The predicted molar refractivity (Wildman–Crippen MR) is 101 cm³/mol. The second-order valence-corrected chi connectivity index (χ2v) is 8.60. The Labute approximate surface area is 155 Å². The van der Waals surface area contributed by atoms with E-state index in [0.717, 1.165) is 26.1 Å². The molecule has 2 aromatic rings. The van der Waals surface area contributed by atoms with E-state index in [-0.39, 0.29) is 23.6 Å². The molecule has 2 N–H and O–H groups in total. The van der Waals surface area contributed by atoms with Crippen LogP contribution in [0, 0.1) is 12.8 Å². The molecule has 8 heteroatoms.